The number of hydrogen-bond acceptors (Lipinski definition) is 6. The van der Waals surface area contributed by atoms with E-state index in [1.54, 1.807) is 10.9 Å². The lowest BCUT2D eigenvalue weighted by atomic mass is 10.0. The third-order valence-electron chi connectivity index (χ3n) is 6.89. The molecule has 0 radical (unpaired) electrons. The number of piperazine rings is 1. The van der Waals surface area contributed by atoms with Crippen LogP contribution in [0.25, 0.3) is 10.9 Å². The van der Waals surface area contributed by atoms with Crippen molar-refractivity contribution in [3.63, 3.8) is 0 Å². The van der Waals surface area contributed by atoms with Crippen molar-refractivity contribution >= 4 is 26.4 Å². The van der Waals surface area contributed by atoms with Gasteiger partial charge in [-0.05, 0) is 55.7 Å². The van der Waals surface area contributed by atoms with E-state index < -0.39 is 9.84 Å². The van der Waals surface area contributed by atoms with Crippen molar-refractivity contribution in [3.8, 4) is 0 Å². The molecule has 0 N–H and O–H groups in total. The predicted molar refractivity (Wildman–Crippen MR) is 119 cm³/mol. The smallest absolute Gasteiger partial charge is 0.261 e. The van der Waals surface area contributed by atoms with Crippen LogP contribution in [0.4, 0.5) is 5.69 Å². The molecule has 1 aromatic heterocycles. The Morgan fingerprint density at radius 3 is 2.33 bits per heavy atom. The first-order chi connectivity index (χ1) is 14.5. The van der Waals surface area contributed by atoms with Crippen molar-refractivity contribution in [1.29, 1.82) is 0 Å². The average molecular weight is 431 g/mol. The summed E-state index contributed by atoms with van der Waals surface area (Å²) in [5, 5.41) is 0.702. The Morgan fingerprint density at radius 2 is 1.63 bits per heavy atom. The van der Waals surface area contributed by atoms with Crippen LogP contribution in [0.1, 0.15) is 25.7 Å². The van der Waals surface area contributed by atoms with Gasteiger partial charge in [-0.2, -0.15) is 0 Å². The van der Waals surface area contributed by atoms with Crippen LogP contribution in [0.5, 0.6) is 0 Å². The number of aromatic nitrogens is 2. The molecule has 1 aromatic carbocycles. The lowest BCUT2D eigenvalue weighted by molar-refractivity contribution is 0.211. The summed E-state index contributed by atoms with van der Waals surface area (Å²) in [5.74, 6) is 1.85. The highest BCUT2D eigenvalue weighted by molar-refractivity contribution is 7.91. The Labute approximate surface area is 177 Å². The molecular weight excluding hydrogens is 400 g/mol. The van der Waals surface area contributed by atoms with Crippen LogP contribution in [0.15, 0.2) is 29.3 Å². The second-order valence-electron chi connectivity index (χ2n) is 9.23. The lowest BCUT2D eigenvalue weighted by Crippen LogP contribution is -2.48. The third kappa shape index (κ3) is 4.39. The predicted octanol–water partition coefficient (Wildman–Crippen LogP) is 1.75. The van der Waals surface area contributed by atoms with Gasteiger partial charge in [0, 0.05) is 45.0 Å². The fraction of sp³-hybridized carbons (Fsp3) is 0.636. The average Bonchev–Trinajstić information content (AvgIpc) is 3.56. The molecule has 0 amide bonds. The summed E-state index contributed by atoms with van der Waals surface area (Å²) >= 11 is 0. The zero-order chi connectivity index (χ0) is 20.7. The van der Waals surface area contributed by atoms with Crippen molar-refractivity contribution in [2.75, 3.05) is 49.1 Å². The zero-order valence-corrected chi connectivity index (χ0v) is 18.2. The molecule has 2 saturated heterocycles. The van der Waals surface area contributed by atoms with E-state index in [2.05, 4.69) is 20.9 Å². The second-order valence-corrected chi connectivity index (χ2v) is 11.5. The minimum atomic E-state index is -2.78. The first-order valence-electron chi connectivity index (χ1n) is 11.1. The third-order valence-corrected chi connectivity index (χ3v) is 8.60. The van der Waals surface area contributed by atoms with E-state index >= 15 is 0 Å². The molecule has 0 atom stereocenters. The van der Waals surface area contributed by atoms with Crippen LogP contribution in [0, 0.1) is 11.8 Å². The van der Waals surface area contributed by atoms with Crippen LogP contribution in [-0.4, -0.2) is 67.1 Å². The summed E-state index contributed by atoms with van der Waals surface area (Å²) in [4.78, 5) is 22.1. The monoisotopic (exact) mass is 430 g/mol. The molecule has 2 aliphatic heterocycles. The molecule has 1 saturated carbocycles. The van der Waals surface area contributed by atoms with Crippen LogP contribution in [0.3, 0.4) is 0 Å². The van der Waals surface area contributed by atoms with E-state index in [0.717, 1.165) is 63.3 Å². The fourth-order valence-electron chi connectivity index (χ4n) is 4.73. The number of hydrogen-bond donors (Lipinski definition) is 0. The van der Waals surface area contributed by atoms with Gasteiger partial charge in [-0.3, -0.25) is 14.3 Å². The molecule has 2 aromatic rings. The normalized spacial score (nSPS) is 23.1. The highest BCUT2D eigenvalue weighted by Gasteiger charge is 2.27. The maximum atomic E-state index is 12.7. The number of anilines is 1. The van der Waals surface area contributed by atoms with E-state index in [1.807, 2.05) is 12.1 Å². The summed E-state index contributed by atoms with van der Waals surface area (Å²) in [6.45, 7) is 5.64. The van der Waals surface area contributed by atoms with Crippen molar-refractivity contribution in [1.82, 2.24) is 14.5 Å². The van der Waals surface area contributed by atoms with Crippen molar-refractivity contribution in [2.24, 2.45) is 11.8 Å². The van der Waals surface area contributed by atoms with Crippen molar-refractivity contribution in [3.05, 3.63) is 34.9 Å². The minimum Gasteiger partial charge on any atom is -0.369 e. The summed E-state index contributed by atoms with van der Waals surface area (Å²) in [6.07, 6.45) is 5.74. The molecular formula is C22H30N4O3S. The van der Waals surface area contributed by atoms with Crippen LogP contribution in [-0.2, 0) is 16.4 Å². The number of benzene rings is 1. The van der Waals surface area contributed by atoms with Gasteiger partial charge in [0.1, 0.15) is 9.84 Å². The van der Waals surface area contributed by atoms with Gasteiger partial charge in [-0.15, -0.1) is 0 Å². The minimum absolute atomic E-state index is 0.0674. The first kappa shape index (κ1) is 20.0. The Balaban J connectivity index is 1.21. The largest absolute Gasteiger partial charge is 0.369 e. The highest BCUT2D eigenvalue weighted by atomic mass is 32.2. The van der Waals surface area contributed by atoms with Crippen LogP contribution in [0.2, 0.25) is 0 Å². The Kier molecular flexibility index (Phi) is 5.31. The zero-order valence-electron chi connectivity index (χ0n) is 17.4. The molecule has 5 rings (SSSR count). The lowest BCUT2D eigenvalue weighted by Gasteiger charge is -2.38. The number of fused-ring (bicyclic) bond motifs is 1. The fourth-order valence-corrected chi connectivity index (χ4v) is 6.32. The van der Waals surface area contributed by atoms with E-state index in [4.69, 9.17) is 0 Å². The van der Waals surface area contributed by atoms with Crippen molar-refractivity contribution in [2.45, 2.75) is 32.2 Å². The molecule has 3 fully saturated rings. The SMILES string of the molecule is O=c1c2ccc(N3CCN(CC4CCS(=O)(=O)CC4)CC3)cc2ncn1CC1CC1. The Morgan fingerprint density at radius 1 is 0.933 bits per heavy atom. The quantitative estimate of drug-likeness (QED) is 0.720. The topological polar surface area (TPSA) is 75.5 Å². The molecule has 30 heavy (non-hydrogen) atoms. The van der Waals surface area contributed by atoms with Gasteiger partial charge >= 0.3 is 0 Å². The molecule has 1 aliphatic carbocycles. The summed E-state index contributed by atoms with van der Waals surface area (Å²) in [5.41, 5.74) is 1.96. The molecule has 0 bridgehead atoms. The highest BCUT2D eigenvalue weighted by Crippen LogP contribution is 2.30. The van der Waals surface area contributed by atoms with Gasteiger partial charge in [0.25, 0.3) is 5.56 Å². The van der Waals surface area contributed by atoms with Gasteiger partial charge in [0.2, 0.25) is 0 Å². The van der Waals surface area contributed by atoms with Gasteiger partial charge in [0.05, 0.1) is 28.7 Å². The van der Waals surface area contributed by atoms with E-state index in [1.165, 1.54) is 12.8 Å². The van der Waals surface area contributed by atoms with E-state index in [-0.39, 0.29) is 5.56 Å². The van der Waals surface area contributed by atoms with Crippen LogP contribution < -0.4 is 10.5 Å². The molecule has 162 valence electrons. The van der Waals surface area contributed by atoms with Crippen molar-refractivity contribution < 1.29 is 8.42 Å². The molecule has 0 spiro atoms. The molecule has 8 heteroatoms. The molecule has 0 unspecified atom stereocenters. The standard InChI is InChI=1S/C22H30N4O3S/c27-22-20-4-3-19(13-21(20)23-16-26(22)15-17-1-2-17)25-9-7-24(8-10-25)14-18-5-11-30(28,29)12-6-18/h3-4,13,16-18H,1-2,5-12,14-15H2. The summed E-state index contributed by atoms with van der Waals surface area (Å²) < 4.78 is 25.0. The number of rotatable bonds is 5. The Bertz CT molecular complexity index is 1070. The molecule has 3 aliphatic rings. The number of nitrogens with zero attached hydrogens (tertiary/aromatic N) is 4. The Hall–Kier alpha value is -1.93. The summed E-state index contributed by atoms with van der Waals surface area (Å²) in [6, 6.07) is 6.02. The van der Waals surface area contributed by atoms with Gasteiger partial charge in [-0.25, -0.2) is 13.4 Å². The van der Waals surface area contributed by atoms with E-state index in [0.29, 0.717) is 28.7 Å². The molecule has 7 nitrogen and oxygen atoms in total. The number of sulfone groups is 1. The summed E-state index contributed by atoms with van der Waals surface area (Å²) in [7, 11) is -2.78. The first-order valence-corrected chi connectivity index (χ1v) is 13.0. The van der Waals surface area contributed by atoms with Gasteiger partial charge in [-0.1, -0.05) is 0 Å². The maximum absolute atomic E-state index is 12.7. The van der Waals surface area contributed by atoms with Gasteiger partial charge in [0.15, 0.2) is 0 Å². The second kappa shape index (κ2) is 7.96. The maximum Gasteiger partial charge on any atom is 0.261 e. The van der Waals surface area contributed by atoms with Gasteiger partial charge < -0.3 is 4.90 Å². The molecule has 3 heterocycles. The van der Waals surface area contributed by atoms with E-state index in [9.17, 15) is 13.2 Å². The van der Waals surface area contributed by atoms with Crippen LogP contribution >= 0.6 is 0 Å².